The summed E-state index contributed by atoms with van der Waals surface area (Å²) in [5.74, 6) is -0.496. The van der Waals surface area contributed by atoms with Gasteiger partial charge in [-0.05, 0) is 38.8 Å². The van der Waals surface area contributed by atoms with Crippen LogP contribution in [0.4, 0.5) is 17.2 Å². The fourth-order valence-electron chi connectivity index (χ4n) is 3.35. The van der Waals surface area contributed by atoms with Crippen LogP contribution in [0.15, 0.2) is 33.9 Å². The second kappa shape index (κ2) is 13.0. The number of rotatable bonds is 12. The number of carbonyl (C=O) groups excluding carboxylic acids is 2. The molecular weight excluding hydrogens is 454 g/mol. The molecule has 0 aliphatic carbocycles. The molecule has 0 aliphatic rings. The van der Waals surface area contributed by atoms with Crippen molar-refractivity contribution in [2.45, 2.75) is 65.2 Å². The maximum absolute atomic E-state index is 13.4. The molecule has 2 amide bonds. The lowest BCUT2D eigenvalue weighted by molar-refractivity contribution is -0.117. The number of aromatic amines is 1. The van der Waals surface area contributed by atoms with E-state index in [0.717, 1.165) is 18.4 Å². The Kier molecular flexibility index (Phi) is 10.4. The smallest absolute Gasteiger partial charge is 0.330 e. The number of nitrogens with one attached hydrogen (secondary N) is 2. The average Bonchev–Trinajstić information content (AvgIpc) is 2.80. The first kappa shape index (κ1) is 27.2. The highest BCUT2D eigenvalue weighted by Crippen LogP contribution is 2.23. The first-order chi connectivity index (χ1) is 16.2. The molecule has 2 aromatic rings. The van der Waals surface area contributed by atoms with Crippen LogP contribution in [-0.2, 0) is 16.1 Å². The molecule has 10 heteroatoms. The normalized spacial score (nSPS) is 11.8. The maximum Gasteiger partial charge on any atom is 0.330 e. The number of benzene rings is 1. The highest BCUT2D eigenvalue weighted by molar-refractivity contribution is 8.01. The lowest BCUT2D eigenvalue weighted by atomic mass is 10.2. The third-order valence-electron chi connectivity index (χ3n) is 5.37. The van der Waals surface area contributed by atoms with Gasteiger partial charge in [-0.1, -0.05) is 44.4 Å². The quantitative estimate of drug-likeness (QED) is 0.420. The van der Waals surface area contributed by atoms with Crippen molar-refractivity contribution in [1.82, 2.24) is 9.55 Å². The standard InChI is InChI=1S/C24H35N5O4S/c1-5-7-13-28(20-21(25)29(14-8-6-2)24(33)27-22(20)31)23(32)17(4)34-15-19(30)26-18-11-9-16(3)10-12-18/h9-12,17H,5-8,13-15,25H2,1-4H3,(H,26,30)(H,27,31,33). The van der Waals surface area contributed by atoms with Crippen molar-refractivity contribution in [2.75, 3.05) is 28.2 Å². The molecule has 2 rings (SSSR count). The maximum atomic E-state index is 13.4. The molecule has 0 fully saturated rings. The number of H-pyrrole nitrogens is 1. The topological polar surface area (TPSA) is 130 Å². The predicted molar refractivity (Wildman–Crippen MR) is 140 cm³/mol. The third kappa shape index (κ3) is 7.24. The molecule has 1 aromatic carbocycles. The van der Waals surface area contributed by atoms with E-state index in [9.17, 15) is 19.2 Å². The van der Waals surface area contributed by atoms with Crippen LogP contribution in [0.1, 0.15) is 52.0 Å². The Bertz CT molecular complexity index is 1090. The summed E-state index contributed by atoms with van der Waals surface area (Å²) in [6, 6.07) is 7.45. The molecule has 1 aromatic heterocycles. The molecule has 0 saturated heterocycles. The summed E-state index contributed by atoms with van der Waals surface area (Å²) in [4.78, 5) is 54.3. The van der Waals surface area contributed by atoms with Gasteiger partial charge >= 0.3 is 5.69 Å². The van der Waals surface area contributed by atoms with Crippen LogP contribution in [0, 0.1) is 6.92 Å². The fraction of sp³-hybridized carbons (Fsp3) is 0.500. The number of amides is 2. The van der Waals surface area contributed by atoms with Crippen molar-refractivity contribution in [3.05, 3.63) is 50.7 Å². The Morgan fingerprint density at radius 1 is 1.15 bits per heavy atom. The molecule has 0 saturated carbocycles. The van der Waals surface area contributed by atoms with Crippen LogP contribution in [0.3, 0.4) is 0 Å². The molecule has 34 heavy (non-hydrogen) atoms. The van der Waals surface area contributed by atoms with Gasteiger partial charge in [0.25, 0.3) is 5.56 Å². The van der Waals surface area contributed by atoms with Crippen LogP contribution in [-0.4, -0.2) is 38.9 Å². The summed E-state index contributed by atoms with van der Waals surface area (Å²) < 4.78 is 1.30. The summed E-state index contributed by atoms with van der Waals surface area (Å²) in [6.07, 6.45) is 3.01. The zero-order chi connectivity index (χ0) is 25.3. The highest BCUT2D eigenvalue weighted by Gasteiger charge is 2.28. The summed E-state index contributed by atoms with van der Waals surface area (Å²) in [6.45, 7) is 8.26. The number of aromatic nitrogens is 2. The van der Waals surface area contributed by atoms with Gasteiger partial charge in [0.1, 0.15) is 5.82 Å². The van der Waals surface area contributed by atoms with Crippen LogP contribution in [0.5, 0.6) is 0 Å². The second-order valence-electron chi connectivity index (χ2n) is 8.21. The van der Waals surface area contributed by atoms with Crippen molar-refractivity contribution >= 4 is 40.8 Å². The van der Waals surface area contributed by atoms with Gasteiger partial charge in [0.2, 0.25) is 11.8 Å². The number of nitrogens with two attached hydrogens (primary N) is 1. The summed E-state index contributed by atoms with van der Waals surface area (Å²) in [7, 11) is 0. The minimum absolute atomic E-state index is 0.00860. The van der Waals surface area contributed by atoms with E-state index in [1.54, 1.807) is 6.92 Å². The lowest BCUT2D eigenvalue weighted by Crippen LogP contribution is -2.44. The Hall–Kier alpha value is -3.01. The van der Waals surface area contributed by atoms with Crippen LogP contribution < -0.4 is 27.2 Å². The van der Waals surface area contributed by atoms with Crippen LogP contribution in [0.25, 0.3) is 0 Å². The van der Waals surface area contributed by atoms with Gasteiger partial charge in [0, 0.05) is 18.8 Å². The molecule has 0 aliphatic heterocycles. The number of hydrogen-bond donors (Lipinski definition) is 3. The third-order valence-corrected chi connectivity index (χ3v) is 6.50. The Morgan fingerprint density at radius 2 is 1.79 bits per heavy atom. The number of aryl methyl sites for hydroxylation is 1. The van der Waals surface area contributed by atoms with Crippen LogP contribution >= 0.6 is 11.8 Å². The zero-order valence-electron chi connectivity index (χ0n) is 20.3. The second-order valence-corrected chi connectivity index (χ2v) is 9.54. The van der Waals surface area contributed by atoms with Gasteiger partial charge in [0.05, 0.1) is 11.0 Å². The lowest BCUT2D eigenvalue weighted by Gasteiger charge is -2.26. The summed E-state index contributed by atoms with van der Waals surface area (Å²) >= 11 is 1.18. The van der Waals surface area contributed by atoms with Gasteiger partial charge in [-0.2, -0.15) is 0 Å². The Morgan fingerprint density at radius 3 is 2.41 bits per heavy atom. The number of unbranched alkanes of at least 4 members (excludes halogenated alkanes) is 2. The first-order valence-corrected chi connectivity index (χ1v) is 12.7. The molecule has 1 unspecified atom stereocenters. The van der Waals surface area contributed by atoms with Crippen molar-refractivity contribution in [2.24, 2.45) is 0 Å². The van der Waals surface area contributed by atoms with Crippen molar-refractivity contribution < 1.29 is 9.59 Å². The Labute approximate surface area is 204 Å². The SMILES string of the molecule is CCCCN(C(=O)C(C)SCC(=O)Nc1ccc(C)cc1)c1c(N)n(CCCC)c(=O)[nH]c1=O. The Balaban J connectivity index is 2.20. The monoisotopic (exact) mass is 489 g/mol. The van der Waals surface area contributed by atoms with E-state index < -0.39 is 16.5 Å². The summed E-state index contributed by atoms with van der Waals surface area (Å²) in [5.41, 5.74) is 6.73. The molecular formula is C24H35N5O4S. The summed E-state index contributed by atoms with van der Waals surface area (Å²) in [5, 5.41) is 2.21. The van der Waals surface area contributed by atoms with Gasteiger partial charge in [-0.25, -0.2) is 4.79 Å². The number of thioether (sulfide) groups is 1. The van der Waals surface area contributed by atoms with Gasteiger partial charge in [-0.15, -0.1) is 11.8 Å². The number of nitrogens with zero attached hydrogens (tertiary/aromatic N) is 2. The van der Waals surface area contributed by atoms with Crippen molar-refractivity contribution in [1.29, 1.82) is 0 Å². The molecule has 0 spiro atoms. The van der Waals surface area contributed by atoms with Crippen molar-refractivity contribution in [3.8, 4) is 0 Å². The zero-order valence-corrected chi connectivity index (χ0v) is 21.2. The molecule has 0 bridgehead atoms. The largest absolute Gasteiger partial charge is 0.383 e. The molecule has 1 heterocycles. The van der Waals surface area contributed by atoms with Gasteiger partial charge < -0.3 is 16.0 Å². The molecule has 0 radical (unpaired) electrons. The first-order valence-electron chi connectivity index (χ1n) is 11.6. The van der Waals surface area contributed by atoms with E-state index in [1.807, 2.05) is 45.0 Å². The van der Waals surface area contributed by atoms with E-state index in [2.05, 4.69) is 10.3 Å². The molecule has 1 atom stereocenters. The van der Waals surface area contributed by atoms with E-state index in [4.69, 9.17) is 5.73 Å². The van der Waals surface area contributed by atoms with Gasteiger partial charge in [0.15, 0.2) is 5.69 Å². The predicted octanol–water partition coefficient (Wildman–Crippen LogP) is 3.12. The minimum atomic E-state index is -0.686. The van der Waals surface area contributed by atoms with Gasteiger partial charge in [-0.3, -0.25) is 23.9 Å². The molecule has 9 nitrogen and oxygen atoms in total. The molecule has 186 valence electrons. The fourth-order valence-corrected chi connectivity index (χ4v) is 4.09. The molecule has 4 N–H and O–H groups in total. The number of anilines is 3. The number of nitrogen functional groups attached to an aromatic ring is 1. The highest BCUT2D eigenvalue weighted by atomic mass is 32.2. The van der Waals surface area contributed by atoms with Crippen LogP contribution in [0.2, 0.25) is 0 Å². The van der Waals surface area contributed by atoms with E-state index in [0.29, 0.717) is 25.1 Å². The minimum Gasteiger partial charge on any atom is -0.383 e. The van der Waals surface area contributed by atoms with E-state index >= 15 is 0 Å². The van der Waals surface area contributed by atoms with Crippen molar-refractivity contribution in [3.63, 3.8) is 0 Å². The van der Waals surface area contributed by atoms with E-state index in [-0.39, 0.29) is 35.6 Å². The van der Waals surface area contributed by atoms with E-state index in [1.165, 1.54) is 21.2 Å². The number of carbonyl (C=O) groups is 2. The number of hydrogen-bond acceptors (Lipinski definition) is 6. The average molecular weight is 490 g/mol.